The Balaban J connectivity index is 2.10. The number of rotatable bonds is 3. The summed E-state index contributed by atoms with van der Waals surface area (Å²) in [6.07, 6.45) is 1.09. The van der Waals surface area contributed by atoms with Crippen LogP contribution in [-0.2, 0) is 10.0 Å². The molecule has 0 atom stereocenters. The molecule has 0 saturated carbocycles. The quantitative estimate of drug-likeness (QED) is 0.788. The fourth-order valence-corrected chi connectivity index (χ4v) is 2.81. The Hall–Kier alpha value is -2.22. The number of aromatic nitrogens is 2. The van der Waals surface area contributed by atoms with E-state index in [1.54, 1.807) is 24.3 Å². The highest BCUT2D eigenvalue weighted by atomic mass is 35.5. The van der Waals surface area contributed by atoms with E-state index < -0.39 is 15.8 Å². The van der Waals surface area contributed by atoms with Gasteiger partial charge in [-0.25, -0.2) is 22.6 Å². The van der Waals surface area contributed by atoms with E-state index in [0.717, 1.165) is 6.20 Å². The first-order valence-corrected chi connectivity index (χ1v) is 8.41. The van der Waals surface area contributed by atoms with E-state index in [9.17, 15) is 12.8 Å². The minimum absolute atomic E-state index is 0.0260. The minimum atomic E-state index is -3.78. The second-order valence-electron chi connectivity index (χ2n) is 4.80. The fourth-order valence-electron chi connectivity index (χ4n) is 2.17. The van der Waals surface area contributed by atoms with E-state index in [0.29, 0.717) is 16.3 Å². The van der Waals surface area contributed by atoms with Gasteiger partial charge in [0.25, 0.3) is 0 Å². The number of halogens is 2. The van der Waals surface area contributed by atoms with Crippen molar-refractivity contribution in [2.45, 2.75) is 4.90 Å². The summed E-state index contributed by atoms with van der Waals surface area (Å²) in [6.45, 7) is 0. The van der Waals surface area contributed by atoms with Crippen LogP contribution in [0.2, 0.25) is 5.02 Å². The lowest BCUT2D eigenvalue weighted by Gasteiger charge is -2.08. The lowest BCUT2D eigenvalue weighted by molar-refractivity contribution is 0.597. The predicted molar refractivity (Wildman–Crippen MR) is 85.3 cm³/mol. The molecule has 0 aliphatic carbocycles. The monoisotopic (exact) mass is 351 g/mol. The van der Waals surface area contributed by atoms with Gasteiger partial charge in [-0.3, -0.25) is 0 Å². The molecule has 0 aliphatic rings. The first-order chi connectivity index (χ1) is 10.9. The summed E-state index contributed by atoms with van der Waals surface area (Å²) in [5, 5.41) is 9.61. The van der Waals surface area contributed by atoms with Gasteiger partial charge in [-0.05, 0) is 36.4 Å². The summed E-state index contributed by atoms with van der Waals surface area (Å²) >= 11 is 5.84. The van der Waals surface area contributed by atoms with E-state index in [-0.39, 0.29) is 10.6 Å². The lowest BCUT2D eigenvalue weighted by Crippen LogP contribution is -2.12. The van der Waals surface area contributed by atoms with E-state index in [1.807, 2.05) is 0 Å². The molecule has 1 heterocycles. The summed E-state index contributed by atoms with van der Waals surface area (Å²) in [7, 11) is -3.78. The number of primary sulfonamides is 1. The number of benzene rings is 2. The molecule has 3 rings (SSSR count). The Bertz CT molecular complexity index is 951. The molecule has 8 heteroatoms. The molecule has 5 nitrogen and oxygen atoms in total. The molecule has 118 valence electrons. The third kappa shape index (κ3) is 3.12. The smallest absolute Gasteiger partial charge is 0.230 e. The largest absolute Gasteiger partial charge is 0.238 e. The van der Waals surface area contributed by atoms with E-state index >= 15 is 0 Å². The maximum absolute atomic E-state index is 14.1. The number of nitrogens with zero attached hydrogens (tertiary/aromatic N) is 2. The SMILES string of the molecule is NS(=O)(=O)c1ccc(-n2ncc(F)c2-c2ccc(Cl)cc2)cc1. The molecular formula is C15H11ClFN3O2S. The molecule has 1 aromatic heterocycles. The Labute approximate surface area is 137 Å². The summed E-state index contributed by atoms with van der Waals surface area (Å²) < 4.78 is 38.1. The number of hydrogen-bond donors (Lipinski definition) is 1. The van der Waals surface area contributed by atoms with Crippen molar-refractivity contribution in [2.75, 3.05) is 0 Å². The summed E-state index contributed by atoms with van der Waals surface area (Å²) in [6, 6.07) is 12.4. The van der Waals surface area contributed by atoms with Crippen LogP contribution in [0.15, 0.2) is 59.6 Å². The van der Waals surface area contributed by atoms with Crippen molar-refractivity contribution < 1.29 is 12.8 Å². The van der Waals surface area contributed by atoms with Gasteiger partial charge in [0.1, 0.15) is 5.69 Å². The van der Waals surface area contributed by atoms with Crippen LogP contribution < -0.4 is 5.14 Å². The highest BCUT2D eigenvalue weighted by Crippen LogP contribution is 2.27. The third-order valence-electron chi connectivity index (χ3n) is 3.25. The Morgan fingerprint density at radius 3 is 2.22 bits per heavy atom. The zero-order valence-electron chi connectivity index (χ0n) is 11.6. The average molecular weight is 352 g/mol. The van der Waals surface area contributed by atoms with Crippen molar-refractivity contribution in [1.82, 2.24) is 9.78 Å². The van der Waals surface area contributed by atoms with Crippen molar-refractivity contribution in [1.29, 1.82) is 0 Å². The predicted octanol–water partition coefficient (Wildman–Crippen LogP) is 2.98. The van der Waals surface area contributed by atoms with Gasteiger partial charge in [-0.15, -0.1) is 0 Å². The molecule has 0 bridgehead atoms. The van der Waals surface area contributed by atoms with Gasteiger partial charge in [-0.1, -0.05) is 23.7 Å². The van der Waals surface area contributed by atoms with Gasteiger partial charge in [0.2, 0.25) is 10.0 Å². The van der Waals surface area contributed by atoms with E-state index in [4.69, 9.17) is 16.7 Å². The second-order valence-corrected chi connectivity index (χ2v) is 6.80. The molecule has 2 aromatic carbocycles. The van der Waals surface area contributed by atoms with Crippen molar-refractivity contribution in [3.05, 3.63) is 65.6 Å². The maximum atomic E-state index is 14.1. The van der Waals surface area contributed by atoms with E-state index in [2.05, 4.69) is 5.10 Å². The Kier molecular flexibility index (Phi) is 3.93. The minimum Gasteiger partial charge on any atom is -0.230 e. The van der Waals surface area contributed by atoms with Gasteiger partial charge in [0, 0.05) is 10.6 Å². The molecule has 0 spiro atoms. The molecule has 0 fully saturated rings. The normalized spacial score (nSPS) is 11.6. The van der Waals surface area contributed by atoms with Crippen LogP contribution in [-0.4, -0.2) is 18.2 Å². The van der Waals surface area contributed by atoms with Gasteiger partial charge in [0.15, 0.2) is 5.82 Å². The first-order valence-electron chi connectivity index (χ1n) is 6.49. The molecule has 3 aromatic rings. The molecule has 23 heavy (non-hydrogen) atoms. The topological polar surface area (TPSA) is 78.0 Å². The highest BCUT2D eigenvalue weighted by Gasteiger charge is 2.15. The van der Waals surface area contributed by atoms with Gasteiger partial charge in [0.05, 0.1) is 16.8 Å². The van der Waals surface area contributed by atoms with Gasteiger partial charge in [-0.2, -0.15) is 5.10 Å². The van der Waals surface area contributed by atoms with Crippen LogP contribution in [0, 0.1) is 5.82 Å². The standard InChI is InChI=1S/C15H11ClFN3O2S/c16-11-3-1-10(2-4-11)15-14(17)9-19-20(15)12-5-7-13(8-6-12)23(18,21)22/h1-9H,(H2,18,21,22). The summed E-state index contributed by atoms with van der Waals surface area (Å²) in [5.74, 6) is -0.497. The average Bonchev–Trinajstić information content (AvgIpc) is 2.89. The maximum Gasteiger partial charge on any atom is 0.238 e. The molecule has 0 aliphatic heterocycles. The fraction of sp³-hybridized carbons (Fsp3) is 0. The number of sulfonamides is 1. The third-order valence-corrected chi connectivity index (χ3v) is 4.43. The number of hydrogen-bond acceptors (Lipinski definition) is 3. The van der Waals surface area contributed by atoms with Crippen LogP contribution >= 0.6 is 11.6 Å². The Morgan fingerprint density at radius 1 is 1.04 bits per heavy atom. The summed E-state index contributed by atoms with van der Waals surface area (Å²) in [5.41, 5.74) is 1.36. The highest BCUT2D eigenvalue weighted by molar-refractivity contribution is 7.89. The first kappa shape index (κ1) is 15.7. The second kappa shape index (κ2) is 5.77. The summed E-state index contributed by atoms with van der Waals surface area (Å²) in [4.78, 5) is -0.0260. The molecule has 0 saturated heterocycles. The van der Waals surface area contributed by atoms with Crippen LogP contribution in [0.5, 0.6) is 0 Å². The van der Waals surface area contributed by atoms with Crippen molar-refractivity contribution in [2.24, 2.45) is 5.14 Å². The molecule has 2 N–H and O–H groups in total. The van der Waals surface area contributed by atoms with Gasteiger partial charge < -0.3 is 0 Å². The van der Waals surface area contributed by atoms with Crippen LogP contribution in [0.25, 0.3) is 16.9 Å². The van der Waals surface area contributed by atoms with Crippen LogP contribution in [0.3, 0.4) is 0 Å². The van der Waals surface area contributed by atoms with Crippen molar-refractivity contribution in [3.8, 4) is 16.9 Å². The Morgan fingerprint density at radius 2 is 1.65 bits per heavy atom. The lowest BCUT2D eigenvalue weighted by atomic mass is 10.1. The van der Waals surface area contributed by atoms with Crippen LogP contribution in [0.4, 0.5) is 4.39 Å². The molecule has 0 unspecified atom stereocenters. The van der Waals surface area contributed by atoms with Crippen molar-refractivity contribution >= 4 is 21.6 Å². The molecule has 0 radical (unpaired) electrons. The van der Waals surface area contributed by atoms with Crippen LogP contribution in [0.1, 0.15) is 0 Å². The molecular weight excluding hydrogens is 341 g/mol. The molecule has 0 amide bonds. The zero-order chi connectivity index (χ0) is 16.6. The van der Waals surface area contributed by atoms with Gasteiger partial charge >= 0.3 is 0 Å². The zero-order valence-corrected chi connectivity index (χ0v) is 13.2. The van der Waals surface area contributed by atoms with E-state index in [1.165, 1.54) is 28.9 Å². The van der Waals surface area contributed by atoms with Crippen molar-refractivity contribution in [3.63, 3.8) is 0 Å². The number of nitrogens with two attached hydrogens (primary N) is 1.